The molecule has 2 N–H and O–H groups in total. The molecule has 0 saturated heterocycles. The number of rotatable bonds is 6. The largest absolute Gasteiger partial charge is 0.355 e. The number of carbonyl (C=O) groups excluding carboxylic acids is 1. The van der Waals surface area contributed by atoms with Gasteiger partial charge in [-0.05, 0) is 20.3 Å². The summed E-state index contributed by atoms with van der Waals surface area (Å²) < 4.78 is 0. The predicted molar refractivity (Wildman–Crippen MR) is 58.8 cm³/mol. The lowest BCUT2D eigenvalue weighted by molar-refractivity contribution is -0.122. The Bertz CT molecular complexity index is 208. The summed E-state index contributed by atoms with van der Waals surface area (Å²) in [5.74, 6) is 2.60. The van der Waals surface area contributed by atoms with E-state index in [1.54, 1.807) is 0 Å². The Balaban J connectivity index is 3.77. The van der Waals surface area contributed by atoms with Crippen molar-refractivity contribution >= 4 is 5.91 Å². The van der Waals surface area contributed by atoms with Crippen LogP contribution in [0.4, 0.5) is 0 Å². The van der Waals surface area contributed by atoms with Crippen molar-refractivity contribution in [2.24, 2.45) is 0 Å². The van der Waals surface area contributed by atoms with Gasteiger partial charge in [0.25, 0.3) is 0 Å². The average molecular weight is 196 g/mol. The summed E-state index contributed by atoms with van der Waals surface area (Å²) in [7, 11) is 0. The molecule has 0 heterocycles. The maximum Gasteiger partial charge on any atom is 0.236 e. The maximum atomic E-state index is 11.4. The average Bonchev–Trinajstić information content (AvgIpc) is 2.14. The molecule has 3 nitrogen and oxygen atoms in total. The summed E-state index contributed by atoms with van der Waals surface area (Å²) in [6.45, 7) is 6.58. The van der Waals surface area contributed by atoms with Gasteiger partial charge in [-0.2, -0.15) is 0 Å². The highest BCUT2D eigenvalue weighted by atomic mass is 16.2. The first-order valence-electron chi connectivity index (χ1n) is 5.09. The third-order valence-corrected chi connectivity index (χ3v) is 1.90. The molecule has 2 unspecified atom stereocenters. The SMILES string of the molecule is C#CCC(C)NC(C)C(=O)NCCC. The van der Waals surface area contributed by atoms with E-state index >= 15 is 0 Å². The summed E-state index contributed by atoms with van der Waals surface area (Å²) >= 11 is 0. The van der Waals surface area contributed by atoms with Crippen LogP contribution in [0.3, 0.4) is 0 Å². The van der Waals surface area contributed by atoms with Gasteiger partial charge in [0.05, 0.1) is 6.04 Å². The number of hydrogen-bond donors (Lipinski definition) is 2. The molecule has 0 fully saturated rings. The van der Waals surface area contributed by atoms with Crippen molar-refractivity contribution < 1.29 is 4.79 Å². The van der Waals surface area contributed by atoms with Crippen molar-refractivity contribution in [3.8, 4) is 12.3 Å². The maximum absolute atomic E-state index is 11.4. The first kappa shape index (κ1) is 13.0. The number of amides is 1. The van der Waals surface area contributed by atoms with Crippen LogP contribution in [0.1, 0.15) is 33.6 Å². The molecule has 1 amide bonds. The van der Waals surface area contributed by atoms with Crippen LogP contribution in [0.15, 0.2) is 0 Å². The van der Waals surface area contributed by atoms with E-state index in [-0.39, 0.29) is 18.0 Å². The van der Waals surface area contributed by atoms with E-state index in [1.807, 2.05) is 20.8 Å². The predicted octanol–water partition coefficient (Wildman–Crippen LogP) is 0.902. The van der Waals surface area contributed by atoms with E-state index in [9.17, 15) is 4.79 Å². The topological polar surface area (TPSA) is 41.1 Å². The first-order valence-corrected chi connectivity index (χ1v) is 5.09. The molecule has 0 aliphatic rings. The molecule has 0 rings (SSSR count). The van der Waals surface area contributed by atoms with Crippen LogP contribution in [0.2, 0.25) is 0 Å². The van der Waals surface area contributed by atoms with Crippen LogP contribution < -0.4 is 10.6 Å². The Morgan fingerprint density at radius 3 is 2.64 bits per heavy atom. The fourth-order valence-electron chi connectivity index (χ4n) is 1.14. The van der Waals surface area contributed by atoms with Crippen molar-refractivity contribution in [1.82, 2.24) is 10.6 Å². The van der Waals surface area contributed by atoms with Crippen molar-refractivity contribution in [1.29, 1.82) is 0 Å². The van der Waals surface area contributed by atoms with Gasteiger partial charge in [0, 0.05) is 19.0 Å². The van der Waals surface area contributed by atoms with Crippen LogP contribution in [-0.2, 0) is 4.79 Å². The third-order valence-electron chi connectivity index (χ3n) is 1.90. The number of carbonyl (C=O) groups is 1. The zero-order valence-electron chi connectivity index (χ0n) is 9.26. The zero-order chi connectivity index (χ0) is 11.0. The molecule has 14 heavy (non-hydrogen) atoms. The first-order chi connectivity index (χ1) is 6.61. The minimum absolute atomic E-state index is 0.0377. The highest BCUT2D eigenvalue weighted by Gasteiger charge is 2.13. The lowest BCUT2D eigenvalue weighted by atomic mass is 10.2. The molecule has 0 aromatic rings. The second kappa shape index (κ2) is 7.40. The molecule has 0 aliphatic heterocycles. The molecular weight excluding hydrogens is 176 g/mol. The van der Waals surface area contributed by atoms with Crippen molar-refractivity contribution in [3.63, 3.8) is 0 Å². The molecule has 0 aromatic heterocycles. The van der Waals surface area contributed by atoms with Gasteiger partial charge >= 0.3 is 0 Å². The summed E-state index contributed by atoms with van der Waals surface area (Å²) in [5, 5.41) is 5.96. The fraction of sp³-hybridized carbons (Fsp3) is 0.727. The van der Waals surface area contributed by atoms with Crippen molar-refractivity contribution in [2.75, 3.05) is 6.54 Å². The van der Waals surface area contributed by atoms with E-state index in [4.69, 9.17) is 6.42 Å². The van der Waals surface area contributed by atoms with Gasteiger partial charge < -0.3 is 10.6 Å². The van der Waals surface area contributed by atoms with Crippen LogP contribution in [-0.4, -0.2) is 24.5 Å². The lowest BCUT2D eigenvalue weighted by Gasteiger charge is -2.17. The van der Waals surface area contributed by atoms with Gasteiger partial charge in [0.2, 0.25) is 5.91 Å². The second-order valence-corrected chi connectivity index (χ2v) is 3.49. The van der Waals surface area contributed by atoms with Gasteiger partial charge in [0.1, 0.15) is 0 Å². The summed E-state index contributed by atoms with van der Waals surface area (Å²) in [6.07, 6.45) is 6.77. The van der Waals surface area contributed by atoms with E-state index < -0.39 is 0 Å². The fourth-order valence-corrected chi connectivity index (χ4v) is 1.14. The van der Waals surface area contributed by atoms with Gasteiger partial charge in [-0.3, -0.25) is 4.79 Å². The van der Waals surface area contributed by atoms with Gasteiger partial charge in [-0.25, -0.2) is 0 Å². The Labute approximate surface area is 86.6 Å². The molecule has 0 radical (unpaired) electrons. The van der Waals surface area contributed by atoms with Crippen LogP contribution in [0.5, 0.6) is 0 Å². The van der Waals surface area contributed by atoms with Gasteiger partial charge in [-0.15, -0.1) is 12.3 Å². The van der Waals surface area contributed by atoms with E-state index in [2.05, 4.69) is 16.6 Å². The van der Waals surface area contributed by atoms with Crippen molar-refractivity contribution in [2.45, 2.75) is 45.7 Å². The number of nitrogens with one attached hydrogen (secondary N) is 2. The second-order valence-electron chi connectivity index (χ2n) is 3.49. The molecule has 0 aromatic carbocycles. The Morgan fingerprint density at radius 1 is 1.50 bits per heavy atom. The Hall–Kier alpha value is -1.01. The normalized spacial score (nSPS) is 14.1. The van der Waals surface area contributed by atoms with Crippen LogP contribution in [0, 0.1) is 12.3 Å². The minimum Gasteiger partial charge on any atom is -0.355 e. The summed E-state index contributed by atoms with van der Waals surface area (Å²) in [5.41, 5.74) is 0. The minimum atomic E-state index is -0.176. The smallest absolute Gasteiger partial charge is 0.236 e. The zero-order valence-corrected chi connectivity index (χ0v) is 9.26. The highest BCUT2D eigenvalue weighted by Crippen LogP contribution is 1.92. The Morgan fingerprint density at radius 2 is 2.14 bits per heavy atom. The molecule has 0 spiro atoms. The van der Waals surface area contributed by atoms with Crippen LogP contribution >= 0.6 is 0 Å². The van der Waals surface area contributed by atoms with Crippen molar-refractivity contribution in [3.05, 3.63) is 0 Å². The highest BCUT2D eigenvalue weighted by molar-refractivity contribution is 5.81. The van der Waals surface area contributed by atoms with Gasteiger partial charge in [-0.1, -0.05) is 6.92 Å². The molecule has 0 saturated carbocycles. The molecule has 80 valence electrons. The summed E-state index contributed by atoms with van der Waals surface area (Å²) in [6, 6.07) is 0.00674. The molecule has 3 heteroatoms. The third kappa shape index (κ3) is 5.60. The molecule has 2 atom stereocenters. The quantitative estimate of drug-likeness (QED) is 0.620. The van der Waals surface area contributed by atoms with E-state index in [1.165, 1.54) is 0 Å². The molecular formula is C11H20N2O. The Kier molecular flexibility index (Phi) is 6.87. The number of terminal acetylenes is 1. The molecule has 0 aliphatic carbocycles. The van der Waals surface area contributed by atoms with Crippen LogP contribution in [0.25, 0.3) is 0 Å². The number of hydrogen-bond acceptors (Lipinski definition) is 2. The monoisotopic (exact) mass is 196 g/mol. The lowest BCUT2D eigenvalue weighted by Crippen LogP contribution is -2.45. The van der Waals surface area contributed by atoms with Gasteiger partial charge in [0.15, 0.2) is 0 Å². The van der Waals surface area contributed by atoms with E-state index in [0.717, 1.165) is 13.0 Å². The summed E-state index contributed by atoms with van der Waals surface area (Å²) in [4.78, 5) is 11.4. The molecule has 0 bridgehead atoms. The van der Waals surface area contributed by atoms with E-state index in [0.29, 0.717) is 6.42 Å². The standard InChI is InChI=1S/C11H20N2O/c1-5-7-9(3)13-10(4)11(14)12-8-6-2/h1,9-10,13H,6-8H2,2-4H3,(H,12,14).